The van der Waals surface area contributed by atoms with Gasteiger partial charge in [-0.05, 0) is 51.4 Å². The Morgan fingerprint density at radius 2 is 1.92 bits per heavy atom. The van der Waals surface area contributed by atoms with Crippen LogP contribution >= 0.6 is 0 Å². The SMILES string of the molecule is C=C1C[C@H](C)C[C@@H]2CC=C[C@@H](C/C=C/C(=O)O[C@H]([C@@H](O)/C=C/[C@@H]3CC(C)=CCO3)C/C=C/[C@@H](O)C1)O2. The first-order valence-corrected chi connectivity index (χ1v) is 13.1. The van der Waals surface area contributed by atoms with Gasteiger partial charge in [-0.3, -0.25) is 0 Å². The molecule has 0 aromatic heterocycles. The Morgan fingerprint density at radius 1 is 1.11 bits per heavy atom. The molecule has 0 saturated heterocycles. The summed E-state index contributed by atoms with van der Waals surface area (Å²) in [7, 11) is 0. The topological polar surface area (TPSA) is 85.2 Å². The molecule has 36 heavy (non-hydrogen) atoms. The number of hydrogen-bond donors (Lipinski definition) is 2. The van der Waals surface area contributed by atoms with Crippen LogP contribution in [0, 0.1) is 5.92 Å². The third-order valence-corrected chi connectivity index (χ3v) is 6.70. The molecular weight excluding hydrogens is 456 g/mol. The number of hydrogen-bond acceptors (Lipinski definition) is 6. The van der Waals surface area contributed by atoms with E-state index in [0.29, 0.717) is 25.4 Å². The van der Waals surface area contributed by atoms with Crippen molar-refractivity contribution in [3.8, 4) is 0 Å². The van der Waals surface area contributed by atoms with Crippen molar-refractivity contribution in [1.29, 1.82) is 0 Å². The quantitative estimate of drug-likeness (QED) is 0.426. The van der Waals surface area contributed by atoms with Crippen molar-refractivity contribution >= 4 is 5.97 Å². The molecule has 3 aliphatic heterocycles. The van der Waals surface area contributed by atoms with Crippen LogP contribution < -0.4 is 0 Å². The van der Waals surface area contributed by atoms with Crippen LogP contribution in [0.4, 0.5) is 0 Å². The summed E-state index contributed by atoms with van der Waals surface area (Å²) in [5, 5.41) is 21.3. The van der Waals surface area contributed by atoms with Crippen LogP contribution in [0.3, 0.4) is 0 Å². The summed E-state index contributed by atoms with van der Waals surface area (Å²) in [5.41, 5.74) is 2.24. The van der Waals surface area contributed by atoms with E-state index in [-0.39, 0.29) is 24.7 Å². The van der Waals surface area contributed by atoms with E-state index in [1.54, 1.807) is 24.3 Å². The smallest absolute Gasteiger partial charge is 0.330 e. The molecule has 7 atom stereocenters. The van der Waals surface area contributed by atoms with Gasteiger partial charge in [-0.25, -0.2) is 4.79 Å². The molecule has 0 aliphatic carbocycles. The summed E-state index contributed by atoms with van der Waals surface area (Å²) < 4.78 is 17.5. The summed E-state index contributed by atoms with van der Waals surface area (Å²) in [5.74, 6) is -0.123. The maximum absolute atomic E-state index is 12.5. The molecule has 0 saturated carbocycles. The molecule has 0 radical (unpaired) electrons. The molecule has 2 bridgehead atoms. The molecule has 6 heteroatoms. The van der Waals surface area contributed by atoms with E-state index in [9.17, 15) is 15.0 Å². The number of carbonyl (C=O) groups is 1. The number of ether oxygens (including phenoxy) is 3. The van der Waals surface area contributed by atoms with Gasteiger partial charge in [0, 0.05) is 12.5 Å². The van der Waals surface area contributed by atoms with Crippen LogP contribution in [0.1, 0.15) is 58.8 Å². The van der Waals surface area contributed by atoms with Crippen LogP contribution in [-0.2, 0) is 19.0 Å². The number of aliphatic hydroxyl groups is 2. The Kier molecular flexibility index (Phi) is 11.4. The molecule has 3 heterocycles. The lowest BCUT2D eigenvalue weighted by Gasteiger charge is -2.28. The molecule has 0 unspecified atom stereocenters. The molecule has 198 valence electrons. The van der Waals surface area contributed by atoms with Crippen molar-refractivity contribution in [1.82, 2.24) is 0 Å². The highest BCUT2D eigenvalue weighted by Crippen LogP contribution is 2.26. The molecule has 6 nitrogen and oxygen atoms in total. The molecule has 0 spiro atoms. The second kappa shape index (κ2) is 14.5. The van der Waals surface area contributed by atoms with Gasteiger partial charge in [0.1, 0.15) is 12.2 Å². The van der Waals surface area contributed by atoms with E-state index >= 15 is 0 Å². The van der Waals surface area contributed by atoms with Gasteiger partial charge in [-0.15, -0.1) is 0 Å². The Hall–Kier alpha value is -2.25. The first-order chi connectivity index (χ1) is 17.3. The average molecular weight is 499 g/mol. The maximum atomic E-state index is 12.5. The second-order valence-electron chi connectivity index (χ2n) is 10.3. The van der Waals surface area contributed by atoms with Crippen molar-refractivity contribution in [2.24, 2.45) is 5.92 Å². The van der Waals surface area contributed by atoms with Crippen LogP contribution in [0.25, 0.3) is 0 Å². The molecule has 3 aliphatic rings. The number of fused-ring (bicyclic) bond motifs is 2. The van der Waals surface area contributed by atoms with Crippen molar-refractivity contribution < 1.29 is 29.2 Å². The van der Waals surface area contributed by atoms with Gasteiger partial charge in [0.05, 0.1) is 31.0 Å². The second-order valence-corrected chi connectivity index (χ2v) is 10.3. The highest BCUT2D eigenvalue weighted by molar-refractivity contribution is 5.82. The Labute approximate surface area is 215 Å². The standard InChI is InChI=1S/C30H42O6/c1-21-15-16-34-26(19-21)13-14-28(32)29-11-4-7-24(31)18-22(2)17-23(3)20-27-10-5-8-25(35-27)9-6-12-30(33)36-29/h4-8,12-15,23-29,31-32H,2,9-11,16-20H2,1,3H3/b7-4+,12-6+,14-13+/t23-,24+,25-,26+,27-,28-,29-/m0/s1. The van der Waals surface area contributed by atoms with Gasteiger partial charge in [-0.1, -0.05) is 73.3 Å². The number of carbonyl (C=O) groups excluding carboxylic acids is 1. The van der Waals surface area contributed by atoms with E-state index in [2.05, 4.69) is 26.5 Å². The minimum Gasteiger partial charge on any atom is -0.456 e. The third-order valence-electron chi connectivity index (χ3n) is 6.70. The minimum absolute atomic E-state index is 0.0795. The minimum atomic E-state index is -1.01. The lowest BCUT2D eigenvalue weighted by molar-refractivity contribution is -0.147. The zero-order valence-electron chi connectivity index (χ0n) is 21.6. The van der Waals surface area contributed by atoms with E-state index < -0.39 is 24.3 Å². The fraction of sp³-hybridized carbons (Fsp3) is 0.567. The summed E-state index contributed by atoms with van der Waals surface area (Å²) >= 11 is 0. The summed E-state index contributed by atoms with van der Waals surface area (Å²) in [6, 6.07) is 0. The molecule has 2 N–H and O–H groups in total. The first kappa shape index (κ1) is 28.3. The zero-order valence-corrected chi connectivity index (χ0v) is 21.6. The van der Waals surface area contributed by atoms with Gasteiger partial charge >= 0.3 is 5.97 Å². The molecule has 0 fully saturated rings. The van der Waals surface area contributed by atoms with E-state index in [4.69, 9.17) is 14.2 Å². The average Bonchev–Trinajstić information content (AvgIpc) is 2.81. The van der Waals surface area contributed by atoms with Gasteiger partial charge in [-0.2, -0.15) is 0 Å². The summed E-state index contributed by atoms with van der Waals surface area (Å²) in [6.07, 6.45) is 18.5. The third kappa shape index (κ3) is 10.0. The molecule has 0 aromatic rings. The highest BCUT2D eigenvalue weighted by atomic mass is 16.6. The molecule has 0 amide bonds. The monoisotopic (exact) mass is 498 g/mol. The van der Waals surface area contributed by atoms with Crippen LogP contribution in [0.15, 0.2) is 72.4 Å². The highest BCUT2D eigenvalue weighted by Gasteiger charge is 2.23. The van der Waals surface area contributed by atoms with Gasteiger partial charge in [0.15, 0.2) is 0 Å². The molecule has 0 aromatic carbocycles. The zero-order chi connectivity index (χ0) is 25.9. The molecule has 3 rings (SSSR count). The van der Waals surface area contributed by atoms with Crippen molar-refractivity contribution in [3.63, 3.8) is 0 Å². The predicted molar refractivity (Wildman–Crippen MR) is 141 cm³/mol. The van der Waals surface area contributed by atoms with Crippen molar-refractivity contribution in [2.75, 3.05) is 6.61 Å². The normalized spacial score (nSPS) is 35.8. The number of cyclic esters (lactones) is 1. The van der Waals surface area contributed by atoms with Crippen molar-refractivity contribution in [2.45, 2.75) is 95.4 Å². The van der Waals surface area contributed by atoms with Gasteiger partial charge < -0.3 is 24.4 Å². The van der Waals surface area contributed by atoms with Gasteiger partial charge in [0.25, 0.3) is 0 Å². The first-order valence-electron chi connectivity index (χ1n) is 13.1. The number of rotatable bonds is 3. The lowest BCUT2D eigenvalue weighted by atomic mass is 9.91. The van der Waals surface area contributed by atoms with Crippen LogP contribution in [-0.4, -0.2) is 59.4 Å². The fourth-order valence-corrected chi connectivity index (χ4v) is 4.86. The summed E-state index contributed by atoms with van der Waals surface area (Å²) in [6.45, 7) is 8.95. The largest absolute Gasteiger partial charge is 0.456 e. The number of esters is 1. The Balaban J connectivity index is 1.70. The number of aliphatic hydroxyl groups excluding tert-OH is 2. The lowest BCUT2D eigenvalue weighted by Crippen LogP contribution is -2.30. The van der Waals surface area contributed by atoms with Crippen LogP contribution in [0.5, 0.6) is 0 Å². The molecular formula is C30H42O6. The van der Waals surface area contributed by atoms with E-state index in [0.717, 1.165) is 31.3 Å². The van der Waals surface area contributed by atoms with E-state index in [1.807, 2.05) is 18.2 Å². The summed E-state index contributed by atoms with van der Waals surface area (Å²) in [4.78, 5) is 12.5. The fourth-order valence-electron chi connectivity index (χ4n) is 4.86. The predicted octanol–water partition coefficient (Wildman–Crippen LogP) is 4.89. The van der Waals surface area contributed by atoms with Crippen molar-refractivity contribution in [3.05, 3.63) is 72.4 Å². The maximum Gasteiger partial charge on any atom is 0.330 e. The van der Waals surface area contributed by atoms with Gasteiger partial charge in [0.2, 0.25) is 0 Å². The Bertz CT molecular complexity index is 882. The Morgan fingerprint density at radius 3 is 2.72 bits per heavy atom. The van der Waals surface area contributed by atoms with E-state index in [1.165, 1.54) is 11.6 Å². The van der Waals surface area contributed by atoms with Crippen LogP contribution in [0.2, 0.25) is 0 Å².